The lowest BCUT2D eigenvalue weighted by molar-refractivity contribution is 0.611. The molecule has 3 rings (SSSR count). The van der Waals surface area contributed by atoms with Crippen molar-refractivity contribution in [3.63, 3.8) is 0 Å². The minimum absolute atomic E-state index is 0. The second kappa shape index (κ2) is 8.65. The molecule has 0 aromatic carbocycles. The zero-order chi connectivity index (χ0) is 15.4. The molecule has 0 bridgehead atoms. The zero-order valence-electron chi connectivity index (χ0n) is 13.5. The first-order chi connectivity index (χ1) is 10.8. The van der Waals surface area contributed by atoms with Gasteiger partial charge in [0.1, 0.15) is 0 Å². The Morgan fingerprint density at radius 1 is 1.43 bits per heavy atom. The number of aromatic nitrogens is 1. The van der Waals surface area contributed by atoms with Gasteiger partial charge in [-0.3, -0.25) is 4.99 Å². The fourth-order valence-corrected chi connectivity index (χ4v) is 2.87. The van der Waals surface area contributed by atoms with E-state index in [4.69, 9.17) is 0 Å². The first-order valence-electron chi connectivity index (χ1n) is 8.09. The van der Waals surface area contributed by atoms with Crippen LogP contribution in [-0.2, 0) is 0 Å². The molecule has 1 saturated heterocycles. The van der Waals surface area contributed by atoms with Crippen LogP contribution in [0.4, 0.5) is 10.2 Å². The summed E-state index contributed by atoms with van der Waals surface area (Å²) in [5, 5.41) is 6.79. The summed E-state index contributed by atoms with van der Waals surface area (Å²) < 4.78 is 13.8. The maximum absolute atomic E-state index is 13.8. The maximum atomic E-state index is 13.8. The average Bonchev–Trinajstić information content (AvgIpc) is 3.24. The van der Waals surface area contributed by atoms with Gasteiger partial charge in [0.25, 0.3) is 0 Å². The van der Waals surface area contributed by atoms with Crippen molar-refractivity contribution in [2.45, 2.75) is 31.7 Å². The molecular weight excluding hydrogens is 408 g/mol. The molecule has 1 aromatic heterocycles. The van der Waals surface area contributed by atoms with Gasteiger partial charge in [0.2, 0.25) is 0 Å². The Morgan fingerprint density at radius 2 is 2.26 bits per heavy atom. The lowest BCUT2D eigenvalue weighted by Gasteiger charge is -2.19. The molecule has 1 atom stereocenters. The van der Waals surface area contributed by atoms with E-state index in [9.17, 15) is 4.39 Å². The predicted molar refractivity (Wildman–Crippen MR) is 102 cm³/mol. The van der Waals surface area contributed by atoms with Gasteiger partial charge >= 0.3 is 0 Å². The second-order valence-corrected chi connectivity index (χ2v) is 6.12. The quantitative estimate of drug-likeness (QED) is 0.426. The third-order valence-electron chi connectivity index (χ3n) is 4.33. The Morgan fingerprint density at radius 3 is 2.96 bits per heavy atom. The molecule has 1 saturated carbocycles. The lowest BCUT2D eigenvalue weighted by Crippen LogP contribution is -2.45. The molecule has 5 nitrogen and oxygen atoms in total. The molecule has 2 aliphatic rings. The van der Waals surface area contributed by atoms with Crippen molar-refractivity contribution in [2.24, 2.45) is 10.9 Å². The Labute approximate surface area is 154 Å². The van der Waals surface area contributed by atoms with Crippen molar-refractivity contribution >= 4 is 35.8 Å². The number of aliphatic imine (C=N–C) groups is 1. The minimum atomic E-state index is -0.255. The summed E-state index contributed by atoms with van der Waals surface area (Å²) in [6.45, 7) is 2.53. The van der Waals surface area contributed by atoms with Crippen LogP contribution in [0.1, 0.15) is 25.7 Å². The average molecular weight is 433 g/mol. The van der Waals surface area contributed by atoms with Crippen molar-refractivity contribution in [2.75, 3.05) is 31.6 Å². The molecule has 0 radical (unpaired) electrons. The van der Waals surface area contributed by atoms with E-state index in [1.807, 2.05) is 4.90 Å². The fourth-order valence-electron chi connectivity index (χ4n) is 2.87. The highest BCUT2D eigenvalue weighted by Crippen LogP contribution is 2.31. The molecule has 23 heavy (non-hydrogen) atoms. The number of nitrogens with zero attached hydrogens (tertiary/aromatic N) is 3. The highest BCUT2D eigenvalue weighted by molar-refractivity contribution is 14.0. The van der Waals surface area contributed by atoms with Crippen LogP contribution in [-0.4, -0.2) is 43.7 Å². The van der Waals surface area contributed by atoms with Crippen molar-refractivity contribution in [1.29, 1.82) is 0 Å². The van der Waals surface area contributed by atoms with E-state index in [1.165, 1.54) is 25.3 Å². The smallest absolute Gasteiger partial charge is 0.191 e. The van der Waals surface area contributed by atoms with Crippen LogP contribution in [0.2, 0.25) is 0 Å². The summed E-state index contributed by atoms with van der Waals surface area (Å²) >= 11 is 0. The van der Waals surface area contributed by atoms with Gasteiger partial charge in [-0.1, -0.05) is 12.8 Å². The Bertz CT molecular complexity index is 535. The van der Waals surface area contributed by atoms with Gasteiger partial charge in [-0.2, -0.15) is 0 Å². The standard InChI is InChI=1S/C16H24FN5.HI/c1-18-16(20-9-6-12-4-5-12)21-13-7-10-22(11-13)15-14(17)3-2-8-19-15;/h2-3,8,12-13H,4-7,9-11H2,1H3,(H2,18,20,21);1H. The maximum Gasteiger partial charge on any atom is 0.191 e. The highest BCUT2D eigenvalue weighted by Gasteiger charge is 2.26. The van der Waals surface area contributed by atoms with Crippen molar-refractivity contribution in [1.82, 2.24) is 15.6 Å². The lowest BCUT2D eigenvalue weighted by atomic mass is 10.2. The first kappa shape index (κ1) is 18.2. The molecule has 1 aliphatic heterocycles. The number of anilines is 1. The molecule has 7 heteroatoms. The van der Waals surface area contributed by atoms with Crippen LogP contribution < -0.4 is 15.5 Å². The van der Waals surface area contributed by atoms with Crippen LogP contribution in [0.5, 0.6) is 0 Å². The second-order valence-electron chi connectivity index (χ2n) is 6.12. The largest absolute Gasteiger partial charge is 0.356 e. The van der Waals surface area contributed by atoms with Gasteiger partial charge < -0.3 is 15.5 Å². The summed E-state index contributed by atoms with van der Waals surface area (Å²) in [6, 6.07) is 3.35. The molecule has 128 valence electrons. The van der Waals surface area contributed by atoms with E-state index in [-0.39, 0.29) is 35.8 Å². The number of hydrogen-bond acceptors (Lipinski definition) is 3. The normalized spacial score (nSPS) is 21.0. The summed E-state index contributed by atoms with van der Waals surface area (Å²) in [5.74, 6) is 1.95. The number of rotatable bonds is 5. The van der Waals surface area contributed by atoms with Gasteiger partial charge in [-0.25, -0.2) is 9.37 Å². The van der Waals surface area contributed by atoms with Gasteiger partial charge in [0, 0.05) is 38.9 Å². The summed E-state index contributed by atoms with van der Waals surface area (Å²) in [5.41, 5.74) is 0. The van der Waals surface area contributed by atoms with Crippen LogP contribution in [0.25, 0.3) is 0 Å². The summed E-state index contributed by atoms with van der Waals surface area (Å²) in [4.78, 5) is 10.4. The van der Waals surface area contributed by atoms with E-state index < -0.39 is 0 Å². The van der Waals surface area contributed by atoms with Gasteiger partial charge in [0.15, 0.2) is 17.6 Å². The van der Waals surface area contributed by atoms with Gasteiger partial charge in [-0.15, -0.1) is 24.0 Å². The number of guanidine groups is 1. The van der Waals surface area contributed by atoms with E-state index in [0.717, 1.165) is 37.9 Å². The third kappa shape index (κ3) is 5.19. The van der Waals surface area contributed by atoms with E-state index in [1.54, 1.807) is 19.3 Å². The number of halogens is 2. The van der Waals surface area contributed by atoms with Gasteiger partial charge in [0.05, 0.1) is 0 Å². The van der Waals surface area contributed by atoms with E-state index in [0.29, 0.717) is 5.82 Å². The molecule has 0 amide bonds. The number of hydrogen-bond donors (Lipinski definition) is 2. The highest BCUT2D eigenvalue weighted by atomic mass is 127. The number of nitrogens with one attached hydrogen (secondary N) is 2. The molecule has 1 unspecified atom stereocenters. The molecular formula is C16H25FIN5. The van der Waals surface area contributed by atoms with Crippen molar-refractivity contribution in [3.8, 4) is 0 Å². The van der Waals surface area contributed by atoms with Crippen LogP contribution in [0, 0.1) is 11.7 Å². The van der Waals surface area contributed by atoms with Gasteiger partial charge in [-0.05, 0) is 30.9 Å². The van der Waals surface area contributed by atoms with E-state index in [2.05, 4.69) is 20.6 Å². The fraction of sp³-hybridized carbons (Fsp3) is 0.625. The Kier molecular flexibility index (Phi) is 6.86. The van der Waals surface area contributed by atoms with Crippen molar-refractivity contribution < 1.29 is 4.39 Å². The SMILES string of the molecule is CN=C(NCCC1CC1)NC1CCN(c2ncccc2F)C1.I. The summed E-state index contributed by atoms with van der Waals surface area (Å²) in [6.07, 6.45) is 6.56. The molecule has 2 fully saturated rings. The van der Waals surface area contributed by atoms with Crippen LogP contribution in [0.3, 0.4) is 0 Å². The predicted octanol–water partition coefficient (Wildman–Crippen LogP) is 2.38. The first-order valence-corrected chi connectivity index (χ1v) is 8.09. The van der Waals surface area contributed by atoms with Crippen LogP contribution in [0.15, 0.2) is 23.3 Å². The Balaban J connectivity index is 0.00000192. The zero-order valence-corrected chi connectivity index (χ0v) is 15.8. The topological polar surface area (TPSA) is 52.6 Å². The Hall–Kier alpha value is -1.12. The monoisotopic (exact) mass is 433 g/mol. The van der Waals surface area contributed by atoms with E-state index >= 15 is 0 Å². The minimum Gasteiger partial charge on any atom is -0.356 e. The molecule has 1 aliphatic carbocycles. The molecule has 2 N–H and O–H groups in total. The van der Waals surface area contributed by atoms with Crippen molar-refractivity contribution in [3.05, 3.63) is 24.1 Å². The molecule has 1 aromatic rings. The molecule has 2 heterocycles. The third-order valence-corrected chi connectivity index (χ3v) is 4.33. The number of pyridine rings is 1. The summed E-state index contributed by atoms with van der Waals surface area (Å²) in [7, 11) is 1.79. The van der Waals surface area contributed by atoms with Crippen LogP contribution >= 0.6 is 24.0 Å². The molecule has 0 spiro atoms.